The minimum Gasteiger partial charge on any atom is -0.341 e. The van der Waals surface area contributed by atoms with Crippen molar-refractivity contribution >= 4 is 23.4 Å². The van der Waals surface area contributed by atoms with Gasteiger partial charge in [-0.15, -0.1) is 0 Å². The highest BCUT2D eigenvalue weighted by Gasteiger charge is 2.33. The van der Waals surface area contributed by atoms with E-state index in [9.17, 15) is 18.4 Å². The van der Waals surface area contributed by atoms with Crippen LogP contribution in [0.3, 0.4) is 0 Å². The lowest BCUT2D eigenvalue weighted by Gasteiger charge is -2.36. The monoisotopic (exact) mass is 448 g/mol. The molecule has 1 aliphatic rings. The number of halogens is 3. The molecule has 166 valence electrons. The van der Waals surface area contributed by atoms with Gasteiger partial charge in [0, 0.05) is 18.1 Å². The summed E-state index contributed by atoms with van der Waals surface area (Å²) in [5.41, 5.74) is 0.799. The number of hydrogen-bond donors (Lipinski definition) is 1. The number of likely N-dealkylation sites (tertiary alicyclic amines) is 1. The molecule has 2 aromatic rings. The van der Waals surface area contributed by atoms with E-state index in [1.165, 1.54) is 17.7 Å². The first-order valence-electron chi connectivity index (χ1n) is 10.6. The molecule has 1 fully saturated rings. The number of nitrogens with one attached hydrogen (secondary N) is 1. The molecular formula is C24H27ClF2N2O2. The van der Waals surface area contributed by atoms with Gasteiger partial charge in [-0.05, 0) is 54.5 Å². The van der Waals surface area contributed by atoms with Gasteiger partial charge < -0.3 is 10.2 Å². The highest BCUT2D eigenvalue weighted by molar-refractivity contribution is 6.30. The van der Waals surface area contributed by atoms with Crippen LogP contribution in [0.4, 0.5) is 8.78 Å². The van der Waals surface area contributed by atoms with E-state index in [4.69, 9.17) is 11.6 Å². The second kappa shape index (κ2) is 10.2. The summed E-state index contributed by atoms with van der Waals surface area (Å²) in [7, 11) is 0. The minimum absolute atomic E-state index is 0.151. The van der Waals surface area contributed by atoms with Crippen LogP contribution >= 0.6 is 11.6 Å². The Hall–Kier alpha value is -2.47. The topological polar surface area (TPSA) is 49.4 Å². The summed E-state index contributed by atoms with van der Waals surface area (Å²) < 4.78 is 27.5. The summed E-state index contributed by atoms with van der Waals surface area (Å²) in [6, 6.07) is 10.4. The third-order valence-electron chi connectivity index (χ3n) is 6.11. The average molecular weight is 449 g/mol. The molecule has 4 nitrogen and oxygen atoms in total. The van der Waals surface area contributed by atoms with E-state index in [2.05, 4.69) is 5.32 Å². The quantitative estimate of drug-likeness (QED) is 0.662. The van der Waals surface area contributed by atoms with Crippen LogP contribution in [0.25, 0.3) is 0 Å². The van der Waals surface area contributed by atoms with Crippen molar-refractivity contribution in [1.82, 2.24) is 10.2 Å². The van der Waals surface area contributed by atoms with Gasteiger partial charge in [0.1, 0.15) is 6.04 Å². The zero-order valence-electron chi connectivity index (χ0n) is 17.7. The summed E-state index contributed by atoms with van der Waals surface area (Å²) in [5, 5.41) is 3.34. The Morgan fingerprint density at radius 1 is 1.13 bits per heavy atom. The van der Waals surface area contributed by atoms with Crippen molar-refractivity contribution in [3.05, 3.63) is 70.2 Å². The molecule has 7 heteroatoms. The number of amides is 2. The molecule has 2 aromatic carbocycles. The molecule has 3 rings (SSSR count). The zero-order valence-corrected chi connectivity index (χ0v) is 18.5. The number of benzene rings is 2. The molecule has 0 aliphatic carbocycles. The van der Waals surface area contributed by atoms with Gasteiger partial charge in [-0.25, -0.2) is 8.78 Å². The van der Waals surface area contributed by atoms with Gasteiger partial charge in [-0.3, -0.25) is 9.59 Å². The van der Waals surface area contributed by atoms with Gasteiger partial charge in [0.05, 0.1) is 5.56 Å². The standard InChI is InChI=1S/C24H27ClF2N2O2/c1-3-15(2)22(28-23(30)19-5-4-6-20(26)21(19)27)24(31)29-13-11-17(12-14-29)16-7-9-18(25)10-8-16/h4-10,15,17,22H,3,11-14H2,1-2H3,(H,28,30)/t15-,22-/m1/s1. The summed E-state index contributed by atoms with van der Waals surface area (Å²) >= 11 is 5.97. The number of rotatable bonds is 6. The highest BCUT2D eigenvalue weighted by atomic mass is 35.5. The molecule has 0 radical (unpaired) electrons. The summed E-state index contributed by atoms with van der Waals surface area (Å²) in [5.74, 6) is -3.08. The third kappa shape index (κ3) is 5.42. The number of carbonyl (C=O) groups excluding carboxylic acids is 2. The van der Waals surface area contributed by atoms with E-state index in [1.54, 1.807) is 4.90 Å². The summed E-state index contributed by atoms with van der Waals surface area (Å²) in [6.45, 7) is 4.93. The third-order valence-corrected chi connectivity index (χ3v) is 6.36. The van der Waals surface area contributed by atoms with Crippen molar-refractivity contribution < 1.29 is 18.4 Å². The molecule has 0 bridgehead atoms. The van der Waals surface area contributed by atoms with E-state index in [-0.39, 0.29) is 11.8 Å². The molecule has 1 N–H and O–H groups in total. The van der Waals surface area contributed by atoms with Gasteiger partial charge in [0.15, 0.2) is 11.6 Å². The minimum atomic E-state index is -1.21. The second-order valence-electron chi connectivity index (χ2n) is 8.09. The lowest BCUT2D eigenvalue weighted by molar-refractivity contribution is -0.135. The fourth-order valence-electron chi connectivity index (χ4n) is 3.95. The Balaban J connectivity index is 1.68. The van der Waals surface area contributed by atoms with Crippen LogP contribution in [0.5, 0.6) is 0 Å². The maximum absolute atomic E-state index is 14.0. The molecule has 2 amide bonds. The summed E-state index contributed by atoms with van der Waals surface area (Å²) in [4.78, 5) is 27.6. The van der Waals surface area contributed by atoms with E-state index in [0.29, 0.717) is 30.5 Å². The molecule has 0 unspecified atom stereocenters. The van der Waals surface area contributed by atoms with Crippen molar-refractivity contribution in [2.45, 2.75) is 45.1 Å². The van der Waals surface area contributed by atoms with Crippen LogP contribution < -0.4 is 5.32 Å². The normalized spacial score (nSPS) is 16.6. The Morgan fingerprint density at radius 2 is 1.77 bits per heavy atom. The predicted molar refractivity (Wildman–Crippen MR) is 117 cm³/mol. The maximum atomic E-state index is 14.0. The first kappa shape index (κ1) is 23.2. The Labute approximate surface area is 186 Å². The Morgan fingerprint density at radius 3 is 2.39 bits per heavy atom. The molecule has 1 heterocycles. The first-order valence-corrected chi connectivity index (χ1v) is 11.0. The zero-order chi connectivity index (χ0) is 22.5. The highest BCUT2D eigenvalue weighted by Crippen LogP contribution is 2.29. The van der Waals surface area contributed by atoms with E-state index in [0.717, 1.165) is 18.9 Å². The molecule has 1 saturated heterocycles. The van der Waals surface area contributed by atoms with Crippen molar-refractivity contribution in [3.8, 4) is 0 Å². The van der Waals surface area contributed by atoms with Crippen LogP contribution in [-0.2, 0) is 4.79 Å². The van der Waals surface area contributed by atoms with Gasteiger partial charge in [-0.2, -0.15) is 0 Å². The largest absolute Gasteiger partial charge is 0.341 e. The van der Waals surface area contributed by atoms with Crippen molar-refractivity contribution in [3.63, 3.8) is 0 Å². The van der Waals surface area contributed by atoms with Gasteiger partial charge in [0.2, 0.25) is 5.91 Å². The second-order valence-corrected chi connectivity index (χ2v) is 8.53. The molecule has 0 spiro atoms. The molecule has 1 aliphatic heterocycles. The maximum Gasteiger partial charge on any atom is 0.255 e. The van der Waals surface area contributed by atoms with Crippen molar-refractivity contribution in [2.24, 2.45) is 5.92 Å². The molecular weight excluding hydrogens is 422 g/mol. The average Bonchev–Trinajstić information content (AvgIpc) is 2.79. The van der Waals surface area contributed by atoms with E-state index >= 15 is 0 Å². The van der Waals surface area contributed by atoms with Crippen molar-refractivity contribution in [1.29, 1.82) is 0 Å². The molecule has 31 heavy (non-hydrogen) atoms. The smallest absolute Gasteiger partial charge is 0.255 e. The molecule has 0 aromatic heterocycles. The first-order chi connectivity index (χ1) is 14.8. The van der Waals surface area contributed by atoms with Crippen molar-refractivity contribution in [2.75, 3.05) is 13.1 Å². The molecule has 2 atom stereocenters. The predicted octanol–water partition coefficient (Wildman–Crippen LogP) is 5.17. The number of piperidine rings is 1. The van der Waals surface area contributed by atoms with Gasteiger partial charge >= 0.3 is 0 Å². The van der Waals surface area contributed by atoms with Crippen LogP contribution in [-0.4, -0.2) is 35.8 Å². The Kier molecular flexibility index (Phi) is 7.65. The number of hydrogen-bond acceptors (Lipinski definition) is 2. The summed E-state index contributed by atoms with van der Waals surface area (Å²) in [6.07, 6.45) is 2.28. The SMILES string of the molecule is CC[C@@H](C)[C@@H](NC(=O)c1cccc(F)c1F)C(=O)N1CCC(c2ccc(Cl)cc2)CC1. The van der Waals surface area contributed by atoms with E-state index in [1.807, 2.05) is 38.1 Å². The number of carbonyl (C=O) groups is 2. The lowest BCUT2D eigenvalue weighted by atomic mass is 9.88. The van der Waals surface area contributed by atoms with Gasteiger partial charge in [0.25, 0.3) is 5.91 Å². The Bertz CT molecular complexity index is 928. The fraction of sp³-hybridized carbons (Fsp3) is 0.417. The van der Waals surface area contributed by atoms with Crippen LogP contribution in [0.1, 0.15) is 54.9 Å². The molecule has 0 saturated carbocycles. The number of nitrogens with zero attached hydrogens (tertiary/aromatic N) is 1. The van der Waals surface area contributed by atoms with Crippen LogP contribution in [0.15, 0.2) is 42.5 Å². The van der Waals surface area contributed by atoms with E-state index < -0.39 is 29.1 Å². The lowest BCUT2D eigenvalue weighted by Crippen LogP contribution is -2.53. The fourth-order valence-corrected chi connectivity index (χ4v) is 4.07. The van der Waals surface area contributed by atoms with Crippen LogP contribution in [0.2, 0.25) is 5.02 Å². The van der Waals surface area contributed by atoms with Crippen LogP contribution in [0, 0.1) is 17.6 Å². The van der Waals surface area contributed by atoms with Gasteiger partial charge in [-0.1, -0.05) is 50.1 Å².